The summed E-state index contributed by atoms with van der Waals surface area (Å²) in [5.74, 6) is 0.245. The Morgan fingerprint density at radius 2 is 1.85 bits per heavy atom. The SMILES string of the molecule is O=C(NCCOc1ccc(F)cc1)c1ccc(CN2CCCC2=O)cc1. The van der Waals surface area contributed by atoms with Crippen LogP contribution in [0.5, 0.6) is 5.75 Å². The predicted octanol–water partition coefficient (Wildman–Crippen LogP) is 2.76. The van der Waals surface area contributed by atoms with E-state index in [0.717, 1.165) is 18.5 Å². The van der Waals surface area contributed by atoms with Crippen LogP contribution < -0.4 is 10.1 Å². The zero-order valence-corrected chi connectivity index (χ0v) is 14.4. The number of hydrogen-bond donors (Lipinski definition) is 1. The molecule has 136 valence electrons. The number of ether oxygens (including phenoxy) is 1. The van der Waals surface area contributed by atoms with Crippen molar-refractivity contribution in [2.75, 3.05) is 19.7 Å². The number of carbonyl (C=O) groups excluding carboxylic acids is 2. The highest BCUT2D eigenvalue weighted by atomic mass is 19.1. The molecule has 6 heteroatoms. The fourth-order valence-corrected chi connectivity index (χ4v) is 2.82. The molecule has 0 atom stereocenters. The number of nitrogens with zero attached hydrogens (tertiary/aromatic N) is 1. The van der Waals surface area contributed by atoms with Gasteiger partial charge in [0.25, 0.3) is 5.91 Å². The third-order valence-corrected chi connectivity index (χ3v) is 4.23. The van der Waals surface area contributed by atoms with Crippen molar-refractivity contribution in [1.82, 2.24) is 10.2 Å². The minimum absolute atomic E-state index is 0.184. The lowest BCUT2D eigenvalue weighted by Gasteiger charge is -2.15. The van der Waals surface area contributed by atoms with Crippen LogP contribution in [0.1, 0.15) is 28.8 Å². The van der Waals surface area contributed by atoms with Crippen LogP contribution in [0.2, 0.25) is 0 Å². The number of likely N-dealkylation sites (tertiary alicyclic amines) is 1. The lowest BCUT2D eigenvalue weighted by molar-refractivity contribution is -0.128. The second kappa shape index (κ2) is 8.47. The zero-order chi connectivity index (χ0) is 18.4. The van der Waals surface area contributed by atoms with E-state index in [4.69, 9.17) is 4.74 Å². The molecule has 2 aromatic rings. The maximum atomic E-state index is 12.8. The van der Waals surface area contributed by atoms with Crippen LogP contribution in [0.4, 0.5) is 4.39 Å². The molecule has 0 unspecified atom stereocenters. The Labute approximate surface area is 151 Å². The number of rotatable bonds is 7. The van der Waals surface area contributed by atoms with Gasteiger partial charge in [0.05, 0.1) is 6.54 Å². The smallest absolute Gasteiger partial charge is 0.251 e. The fourth-order valence-electron chi connectivity index (χ4n) is 2.82. The van der Waals surface area contributed by atoms with E-state index in [-0.39, 0.29) is 17.6 Å². The molecule has 0 spiro atoms. The molecule has 0 aliphatic carbocycles. The molecule has 2 amide bonds. The van der Waals surface area contributed by atoms with Crippen molar-refractivity contribution < 1.29 is 18.7 Å². The van der Waals surface area contributed by atoms with Crippen molar-refractivity contribution in [3.8, 4) is 5.75 Å². The Hall–Kier alpha value is -2.89. The maximum Gasteiger partial charge on any atom is 0.251 e. The van der Waals surface area contributed by atoms with Crippen LogP contribution in [0.25, 0.3) is 0 Å². The summed E-state index contributed by atoms with van der Waals surface area (Å²) in [6.45, 7) is 2.04. The van der Waals surface area contributed by atoms with Crippen LogP contribution in [-0.4, -0.2) is 36.4 Å². The fraction of sp³-hybridized carbons (Fsp3) is 0.300. The van der Waals surface area contributed by atoms with Crippen LogP contribution in [-0.2, 0) is 11.3 Å². The van der Waals surface area contributed by atoms with Gasteiger partial charge in [-0.05, 0) is 48.4 Å². The summed E-state index contributed by atoms with van der Waals surface area (Å²) in [5.41, 5.74) is 1.57. The molecule has 1 heterocycles. The molecule has 3 rings (SSSR count). The molecular weight excluding hydrogens is 335 g/mol. The Balaban J connectivity index is 1.42. The van der Waals surface area contributed by atoms with Gasteiger partial charge in [-0.2, -0.15) is 0 Å². The summed E-state index contributed by atoms with van der Waals surface area (Å²) in [4.78, 5) is 25.6. The lowest BCUT2D eigenvalue weighted by Crippen LogP contribution is -2.28. The van der Waals surface area contributed by atoms with Crippen LogP contribution >= 0.6 is 0 Å². The molecule has 1 N–H and O–H groups in total. The van der Waals surface area contributed by atoms with E-state index in [1.807, 2.05) is 17.0 Å². The van der Waals surface area contributed by atoms with E-state index in [9.17, 15) is 14.0 Å². The van der Waals surface area contributed by atoms with Crippen molar-refractivity contribution in [3.05, 3.63) is 65.5 Å². The Morgan fingerprint density at radius 3 is 2.50 bits per heavy atom. The molecule has 0 radical (unpaired) electrons. The van der Waals surface area contributed by atoms with Crippen LogP contribution in [0.3, 0.4) is 0 Å². The standard InChI is InChI=1S/C20H21FN2O3/c21-17-7-9-18(10-8-17)26-13-11-22-20(25)16-5-3-15(4-6-16)14-23-12-1-2-19(23)24/h3-10H,1-2,11-14H2,(H,22,25). The number of carbonyl (C=O) groups is 2. The number of amides is 2. The largest absolute Gasteiger partial charge is 0.492 e. The molecule has 1 aliphatic rings. The minimum atomic E-state index is -0.316. The first-order chi connectivity index (χ1) is 12.6. The summed E-state index contributed by atoms with van der Waals surface area (Å²) >= 11 is 0. The molecule has 0 bridgehead atoms. The molecule has 1 saturated heterocycles. The van der Waals surface area contributed by atoms with E-state index in [2.05, 4.69) is 5.32 Å². The summed E-state index contributed by atoms with van der Waals surface area (Å²) < 4.78 is 18.2. The third-order valence-electron chi connectivity index (χ3n) is 4.23. The molecule has 0 saturated carbocycles. The van der Waals surface area contributed by atoms with Gasteiger partial charge in [-0.3, -0.25) is 9.59 Å². The van der Waals surface area contributed by atoms with Gasteiger partial charge in [-0.15, -0.1) is 0 Å². The minimum Gasteiger partial charge on any atom is -0.492 e. The molecule has 5 nitrogen and oxygen atoms in total. The van der Waals surface area contributed by atoms with Gasteiger partial charge in [0, 0.05) is 25.1 Å². The van der Waals surface area contributed by atoms with E-state index < -0.39 is 0 Å². The monoisotopic (exact) mass is 356 g/mol. The zero-order valence-electron chi connectivity index (χ0n) is 14.4. The Morgan fingerprint density at radius 1 is 1.12 bits per heavy atom. The molecule has 26 heavy (non-hydrogen) atoms. The van der Waals surface area contributed by atoms with Gasteiger partial charge >= 0.3 is 0 Å². The summed E-state index contributed by atoms with van der Waals surface area (Å²) in [5, 5.41) is 2.78. The van der Waals surface area contributed by atoms with Crippen LogP contribution in [0.15, 0.2) is 48.5 Å². The van der Waals surface area contributed by atoms with Gasteiger partial charge in [-0.25, -0.2) is 4.39 Å². The average Bonchev–Trinajstić information content (AvgIpc) is 3.05. The van der Waals surface area contributed by atoms with Crippen molar-refractivity contribution in [3.63, 3.8) is 0 Å². The molecule has 2 aromatic carbocycles. The first-order valence-electron chi connectivity index (χ1n) is 8.65. The van der Waals surface area contributed by atoms with Gasteiger partial charge in [0.1, 0.15) is 18.2 Å². The summed E-state index contributed by atoms with van der Waals surface area (Å²) in [6.07, 6.45) is 1.54. The molecule has 1 fully saturated rings. The van der Waals surface area contributed by atoms with Crippen molar-refractivity contribution in [2.45, 2.75) is 19.4 Å². The summed E-state index contributed by atoms with van der Waals surface area (Å²) in [7, 11) is 0. The number of halogens is 1. The highest BCUT2D eigenvalue weighted by Gasteiger charge is 2.19. The van der Waals surface area contributed by atoms with E-state index >= 15 is 0 Å². The van der Waals surface area contributed by atoms with Crippen molar-refractivity contribution >= 4 is 11.8 Å². The van der Waals surface area contributed by atoms with Crippen molar-refractivity contribution in [2.24, 2.45) is 0 Å². The van der Waals surface area contributed by atoms with Gasteiger partial charge in [0.2, 0.25) is 5.91 Å². The third kappa shape index (κ3) is 4.81. The van der Waals surface area contributed by atoms with Crippen molar-refractivity contribution in [1.29, 1.82) is 0 Å². The Kier molecular flexibility index (Phi) is 5.84. The Bertz CT molecular complexity index is 760. The highest BCUT2D eigenvalue weighted by molar-refractivity contribution is 5.94. The molecular formula is C20H21FN2O3. The second-order valence-corrected chi connectivity index (χ2v) is 6.17. The normalized spacial score (nSPS) is 13.7. The first-order valence-corrected chi connectivity index (χ1v) is 8.65. The number of hydrogen-bond acceptors (Lipinski definition) is 3. The summed E-state index contributed by atoms with van der Waals surface area (Å²) in [6, 6.07) is 13.0. The van der Waals surface area contributed by atoms with E-state index in [1.54, 1.807) is 24.3 Å². The first kappa shape index (κ1) is 17.9. The van der Waals surface area contributed by atoms with E-state index in [1.165, 1.54) is 12.1 Å². The lowest BCUT2D eigenvalue weighted by atomic mass is 10.1. The average molecular weight is 356 g/mol. The number of benzene rings is 2. The topological polar surface area (TPSA) is 58.6 Å². The van der Waals surface area contributed by atoms with Gasteiger partial charge in [-0.1, -0.05) is 12.1 Å². The van der Waals surface area contributed by atoms with Crippen LogP contribution in [0, 0.1) is 5.82 Å². The number of nitrogens with one attached hydrogen (secondary N) is 1. The predicted molar refractivity (Wildman–Crippen MR) is 95.3 cm³/mol. The van der Waals surface area contributed by atoms with E-state index in [0.29, 0.717) is 37.4 Å². The highest BCUT2D eigenvalue weighted by Crippen LogP contribution is 2.15. The second-order valence-electron chi connectivity index (χ2n) is 6.17. The quantitative estimate of drug-likeness (QED) is 0.776. The van der Waals surface area contributed by atoms with Gasteiger partial charge < -0.3 is 15.0 Å². The molecule has 1 aliphatic heterocycles. The molecule has 0 aromatic heterocycles. The maximum absolute atomic E-state index is 12.8. The van der Waals surface area contributed by atoms with Gasteiger partial charge in [0.15, 0.2) is 0 Å².